The zero-order chi connectivity index (χ0) is 16.1. The molecule has 24 heavy (non-hydrogen) atoms. The van der Waals surface area contributed by atoms with E-state index in [0.29, 0.717) is 31.3 Å². The zero-order valence-corrected chi connectivity index (χ0v) is 15.1. The highest BCUT2D eigenvalue weighted by Crippen LogP contribution is 2.25. The third-order valence-electron chi connectivity index (χ3n) is 3.97. The molecule has 1 aromatic heterocycles. The van der Waals surface area contributed by atoms with Gasteiger partial charge in [0.15, 0.2) is 5.82 Å². The van der Waals surface area contributed by atoms with E-state index in [9.17, 15) is 0 Å². The molecule has 0 amide bonds. The lowest BCUT2D eigenvalue weighted by atomic mass is 10.0. The predicted octanol–water partition coefficient (Wildman–Crippen LogP) is 2.48. The van der Waals surface area contributed by atoms with Crippen molar-refractivity contribution < 1.29 is 9.26 Å². The van der Waals surface area contributed by atoms with Crippen LogP contribution in [0.25, 0.3) is 0 Å². The van der Waals surface area contributed by atoms with Crippen LogP contribution >= 0.6 is 24.0 Å². The molecule has 0 saturated carbocycles. The molecule has 0 bridgehead atoms. The molecule has 1 N–H and O–H groups in total. The Balaban J connectivity index is 0.00000208. The van der Waals surface area contributed by atoms with Crippen molar-refractivity contribution in [3.05, 3.63) is 46.6 Å². The first kappa shape index (κ1) is 19.1. The summed E-state index contributed by atoms with van der Waals surface area (Å²) in [5.74, 6) is 1.33. The van der Waals surface area contributed by atoms with E-state index < -0.39 is 0 Å². The smallest absolute Gasteiger partial charge is 0.240 e. The van der Waals surface area contributed by atoms with Crippen molar-refractivity contribution in [2.75, 3.05) is 33.4 Å². The number of methoxy groups -OCH3 is 1. The molecule has 8 heteroatoms. The lowest BCUT2D eigenvalue weighted by molar-refractivity contribution is 0.135. The van der Waals surface area contributed by atoms with Crippen molar-refractivity contribution in [1.82, 2.24) is 20.4 Å². The monoisotopic (exact) mass is 372 g/mol. The van der Waals surface area contributed by atoms with Gasteiger partial charge in [0.1, 0.15) is 0 Å². The average Bonchev–Trinajstić information content (AvgIpc) is 3.01. The third-order valence-corrected chi connectivity index (χ3v) is 4.20. The van der Waals surface area contributed by atoms with E-state index in [2.05, 4.69) is 26.4 Å². The average molecular weight is 373 g/mol. The number of ether oxygens (including phenoxy) is 1. The van der Waals surface area contributed by atoms with Gasteiger partial charge in [-0.3, -0.25) is 4.90 Å². The Hall–Kier alpha value is -1.18. The van der Waals surface area contributed by atoms with E-state index in [0.717, 1.165) is 24.7 Å². The number of rotatable bonds is 6. The van der Waals surface area contributed by atoms with Gasteiger partial charge in [-0.2, -0.15) is 4.98 Å². The fraction of sp³-hybridized carbons (Fsp3) is 0.500. The number of hydrogen-bond acceptors (Lipinski definition) is 6. The molecule has 1 saturated heterocycles. The molecule has 3 rings (SSSR count). The fourth-order valence-corrected chi connectivity index (χ4v) is 3.00. The maximum Gasteiger partial charge on any atom is 0.240 e. The zero-order valence-electron chi connectivity index (χ0n) is 13.6. The van der Waals surface area contributed by atoms with Crippen LogP contribution in [0.3, 0.4) is 0 Å². The van der Waals surface area contributed by atoms with Gasteiger partial charge in [0.25, 0.3) is 0 Å². The van der Waals surface area contributed by atoms with E-state index in [1.165, 1.54) is 5.56 Å². The molecule has 0 radical (unpaired) electrons. The minimum absolute atomic E-state index is 0. The van der Waals surface area contributed by atoms with Gasteiger partial charge in [0.2, 0.25) is 5.89 Å². The van der Waals surface area contributed by atoms with Crippen LogP contribution in [0, 0.1) is 0 Å². The molecular weight excluding hydrogens is 351 g/mol. The normalized spacial score (nSPS) is 18.3. The first-order valence-corrected chi connectivity index (χ1v) is 8.14. The van der Waals surface area contributed by atoms with Gasteiger partial charge in [0, 0.05) is 44.2 Å². The number of benzene rings is 1. The maximum atomic E-state index is 6.13. The van der Waals surface area contributed by atoms with Gasteiger partial charge < -0.3 is 14.6 Å². The molecular formula is C16H22Cl2N4O2. The van der Waals surface area contributed by atoms with Crippen molar-refractivity contribution in [3.8, 4) is 0 Å². The second-order valence-electron chi connectivity index (χ2n) is 5.59. The molecule has 2 aromatic rings. The summed E-state index contributed by atoms with van der Waals surface area (Å²) in [5.41, 5.74) is 1.20. The van der Waals surface area contributed by atoms with Crippen molar-refractivity contribution in [3.63, 3.8) is 0 Å². The lowest BCUT2D eigenvalue weighted by Crippen LogP contribution is -2.45. The number of hydrogen-bond donors (Lipinski definition) is 1. The van der Waals surface area contributed by atoms with E-state index in [-0.39, 0.29) is 18.4 Å². The second-order valence-corrected chi connectivity index (χ2v) is 6.03. The molecule has 132 valence electrons. The Morgan fingerprint density at radius 3 is 3.12 bits per heavy atom. The molecule has 1 atom stereocenters. The lowest BCUT2D eigenvalue weighted by Gasteiger charge is -2.35. The molecule has 0 aliphatic carbocycles. The molecule has 6 nitrogen and oxygen atoms in total. The minimum atomic E-state index is 0. The van der Waals surface area contributed by atoms with Crippen LogP contribution in [0.4, 0.5) is 0 Å². The number of piperazine rings is 1. The van der Waals surface area contributed by atoms with Crippen LogP contribution in [0.2, 0.25) is 5.02 Å². The Morgan fingerprint density at radius 1 is 1.46 bits per heavy atom. The molecule has 1 aliphatic heterocycles. The Kier molecular flexibility index (Phi) is 7.45. The van der Waals surface area contributed by atoms with Crippen molar-refractivity contribution >= 4 is 24.0 Å². The highest BCUT2D eigenvalue weighted by atomic mass is 35.5. The van der Waals surface area contributed by atoms with Crippen LogP contribution in [-0.2, 0) is 17.7 Å². The standard InChI is InChI=1S/C16H21ClN4O2.ClH/c1-22-8-5-15-19-16(23-20-15)11-21-7-6-18-10-14(21)12-3-2-4-13(17)9-12;/h2-4,9,14,18H,5-8,10-11H2,1H3;1H. The largest absolute Gasteiger partial charge is 0.384 e. The summed E-state index contributed by atoms with van der Waals surface area (Å²) in [6.07, 6.45) is 0.666. The summed E-state index contributed by atoms with van der Waals surface area (Å²) in [6.45, 7) is 3.98. The predicted molar refractivity (Wildman–Crippen MR) is 94.6 cm³/mol. The van der Waals surface area contributed by atoms with Crippen LogP contribution in [0.1, 0.15) is 23.3 Å². The quantitative estimate of drug-likeness (QED) is 0.840. The van der Waals surface area contributed by atoms with E-state index in [1.54, 1.807) is 7.11 Å². The third kappa shape index (κ3) is 4.91. The summed E-state index contributed by atoms with van der Waals surface area (Å²) in [4.78, 5) is 6.78. The first-order valence-electron chi connectivity index (χ1n) is 7.77. The van der Waals surface area contributed by atoms with Crippen LogP contribution < -0.4 is 5.32 Å². The summed E-state index contributed by atoms with van der Waals surface area (Å²) in [5, 5.41) is 8.19. The highest BCUT2D eigenvalue weighted by molar-refractivity contribution is 6.30. The summed E-state index contributed by atoms with van der Waals surface area (Å²) >= 11 is 6.13. The van der Waals surface area contributed by atoms with Gasteiger partial charge >= 0.3 is 0 Å². The van der Waals surface area contributed by atoms with Gasteiger partial charge in [-0.25, -0.2) is 0 Å². The van der Waals surface area contributed by atoms with Crippen LogP contribution in [0.5, 0.6) is 0 Å². The fourth-order valence-electron chi connectivity index (χ4n) is 2.80. The molecule has 1 fully saturated rings. The number of aromatic nitrogens is 2. The molecule has 1 unspecified atom stereocenters. The van der Waals surface area contributed by atoms with Crippen molar-refractivity contribution in [2.24, 2.45) is 0 Å². The van der Waals surface area contributed by atoms with Crippen LogP contribution in [0.15, 0.2) is 28.8 Å². The maximum absolute atomic E-state index is 6.13. The molecule has 2 heterocycles. The molecule has 0 spiro atoms. The van der Waals surface area contributed by atoms with E-state index >= 15 is 0 Å². The van der Waals surface area contributed by atoms with Crippen LogP contribution in [-0.4, -0.2) is 48.4 Å². The molecule has 1 aliphatic rings. The Morgan fingerprint density at radius 2 is 2.33 bits per heavy atom. The van der Waals surface area contributed by atoms with E-state index in [4.69, 9.17) is 20.9 Å². The first-order chi connectivity index (χ1) is 11.3. The van der Waals surface area contributed by atoms with Crippen molar-refractivity contribution in [1.29, 1.82) is 0 Å². The van der Waals surface area contributed by atoms with Gasteiger partial charge in [-0.15, -0.1) is 12.4 Å². The SMILES string of the molecule is COCCc1noc(CN2CCNCC2c2cccc(Cl)c2)n1.Cl. The topological polar surface area (TPSA) is 63.4 Å². The van der Waals surface area contributed by atoms with Gasteiger partial charge in [-0.05, 0) is 17.7 Å². The number of halogens is 2. The van der Waals surface area contributed by atoms with Gasteiger partial charge in [-0.1, -0.05) is 28.9 Å². The van der Waals surface area contributed by atoms with Gasteiger partial charge in [0.05, 0.1) is 13.2 Å². The summed E-state index contributed by atoms with van der Waals surface area (Å²) in [7, 11) is 1.66. The van der Waals surface area contributed by atoms with E-state index in [1.807, 2.05) is 18.2 Å². The minimum Gasteiger partial charge on any atom is -0.384 e. The Labute approximate surface area is 152 Å². The number of nitrogens with one attached hydrogen (secondary N) is 1. The Bertz CT molecular complexity index is 638. The second kappa shape index (κ2) is 9.34. The summed E-state index contributed by atoms with van der Waals surface area (Å²) in [6, 6.07) is 8.25. The number of nitrogens with zero attached hydrogens (tertiary/aromatic N) is 3. The summed E-state index contributed by atoms with van der Waals surface area (Å²) < 4.78 is 10.4. The molecule has 1 aromatic carbocycles. The van der Waals surface area contributed by atoms with Crippen molar-refractivity contribution in [2.45, 2.75) is 19.0 Å². The highest BCUT2D eigenvalue weighted by Gasteiger charge is 2.25.